The molecular weight excluding hydrogens is 404 g/mol. The molecule has 1 unspecified atom stereocenters. The van der Waals surface area contributed by atoms with Gasteiger partial charge in [-0.25, -0.2) is 4.68 Å². The van der Waals surface area contributed by atoms with Gasteiger partial charge in [0, 0.05) is 12.8 Å². The molecule has 32 heavy (non-hydrogen) atoms. The van der Waals surface area contributed by atoms with Gasteiger partial charge in [-0.15, -0.1) is 0 Å². The molecule has 0 radical (unpaired) electrons. The van der Waals surface area contributed by atoms with E-state index in [1.165, 1.54) is 0 Å². The summed E-state index contributed by atoms with van der Waals surface area (Å²) < 4.78 is 13.8. The summed E-state index contributed by atoms with van der Waals surface area (Å²) in [5.74, 6) is 0.708. The first-order chi connectivity index (χ1) is 15.7. The van der Waals surface area contributed by atoms with Gasteiger partial charge in [-0.3, -0.25) is 4.98 Å². The lowest BCUT2D eigenvalue weighted by Crippen LogP contribution is -2.39. The van der Waals surface area contributed by atoms with E-state index in [1.807, 2.05) is 41.1 Å². The van der Waals surface area contributed by atoms with Crippen LogP contribution in [0.2, 0.25) is 0 Å². The Kier molecular flexibility index (Phi) is 6.21. The van der Waals surface area contributed by atoms with Crippen molar-refractivity contribution in [2.24, 2.45) is 0 Å². The van der Waals surface area contributed by atoms with Crippen LogP contribution in [0.15, 0.2) is 54.9 Å². The van der Waals surface area contributed by atoms with E-state index in [4.69, 9.17) is 9.47 Å². The van der Waals surface area contributed by atoms with Crippen molar-refractivity contribution in [1.29, 1.82) is 0 Å². The van der Waals surface area contributed by atoms with Crippen LogP contribution in [0.1, 0.15) is 49.5 Å². The van der Waals surface area contributed by atoms with Crippen LogP contribution in [0.25, 0.3) is 11.4 Å². The number of nitrogens with zero attached hydrogens (tertiary/aromatic N) is 3. The first-order valence-corrected chi connectivity index (χ1v) is 11.5. The Morgan fingerprint density at radius 3 is 2.84 bits per heavy atom. The van der Waals surface area contributed by atoms with Crippen molar-refractivity contribution in [3.8, 4) is 17.1 Å². The largest absolute Gasteiger partial charge is 0.487 e. The monoisotopic (exact) mass is 434 g/mol. The van der Waals surface area contributed by atoms with E-state index in [2.05, 4.69) is 21.5 Å². The quantitative estimate of drug-likeness (QED) is 0.614. The van der Waals surface area contributed by atoms with Gasteiger partial charge in [-0.1, -0.05) is 18.2 Å². The third-order valence-electron chi connectivity index (χ3n) is 6.40. The smallest absolute Gasteiger partial charge is 0.150 e. The summed E-state index contributed by atoms with van der Waals surface area (Å²) in [6.45, 7) is 2.87. The lowest BCUT2D eigenvalue weighted by Gasteiger charge is -2.33. The number of benzene rings is 1. The van der Waals surface area contributed by atoms with Crippen LogP contribution in [0.4, 0.5) is 0 Å². The van der Waals surface area contributed by atoms with Gasteiger partial charge in [0.15, 0.2) is 6.23 Å². The SMILES string of the molecule is OC1(c2cccc(COc3ccc(-c4ccnn4C4CCCCO4)nc3)c2)CCNCC1. The number of hydrogen-bond donors (Lipinski definition) is 2. The summed E-state index contributed by atoms with van der Waals surface area (Å²) in [6.07, 6.45) is 8.21. The molecule has 5 rings (SSSR count). The second kappa shape index (κ2) is 9.40. The number of pyridine rings is 1. The molecule has 2 N–H and O–H groups in total. The molecule has 7 heteroatoms. The Labute approximate surface area is 188 Å². The van der Waals surface area contributed by atoms with E-state index in [0.717, 1.165) is 74.3 Å². The number of aromatic nitrogens is 3. The van der Waals surface area contributed by atoms with Crippen molar-refractivity contribution in [2.45, 2.75) is 50.5 Å². The molecule has 0 spiro atoms. The summed E-state index contributed by atoms with van der Waals surface area (Å²) in [4.78, 5) is 4.60. The van der Waals surface area contributed by atoms with E-state index < -0.39 is 5.60 Å². The molecule has 2 aliphatic rings. The predicted molar refractivity (Wildman–Crippen MR) is 121 cm³/mol. The van der Waals surface area contributed by atoms with Gasteiger partial charge in [0.1, 0.15) is 12.4 Å². The molecule has 2 aromatic heterocycles. The van der Waals surface area contributed by atoms with E-state index in [0.29, 0.717) is 12.4 Å². The van der Waals surface area contributed by atoms with Crippen LogP contribution < -0.4 is 10.1 Å². The van der Waals surface area contributed by atoms with Crippen molar-refractivity contribution < 1.29 is 14.6 Å². The van der Waals surface area contributed by atoms with Crippen molar-refractivity contribution in [2.75, 3.05) is 19.7 Å². The van der Waals surface area contributed by atoms with Gasteiger partial charge in [-0.2, -0.15) is 5.10 Å². The average Bonchev–Trinajstić information content (AvgIpc) is 3.34. The van der Waals surface area contributed by atoms with E-state index in [1.54, 1.807) is 12.4 Å². The van der Waals surface area contributed by atoms with Gasteiger partial charge >= 0.3 is 0 Å². The van der Waals surface area contributed by atoms with Crippen molar-refractivity contribution in [3.05, 3.63) is 66.0 Å². The van der Waals surface area contributed by atoms with Crippen LogP contribution in [-0.2, 0) is 16.9 Å². The Hall–Kier alpha value is -2.74. The minimum Gasteiger partial charge on any atom is -0.487 e. The Morgan fingerprint density at radius 2 is 2.06 bits per heavy atom. The van der Waals surface area contributed by atoms with E-state index >= 15 is 0 Å². The highest BCUT2D eigenvalue weighted by Crippen LogP contribution is 2.31. The Balaban J connectivity index is 1.25. The van der Waals surface area contributed by atoms with Gasteiger partial charge in [0.2, 0.25) is 0 Å². The topological polar surface area (TPSA) is 81.4 Å². The Bertz CT molecular complexity index is 1020. The minimum absolute atomic E-state index is 0.0199. The zero-order valence-corrected chi connectivity index (χ0v) is 18.2. The van der Waals surface area contributed by atoms with Crippen LogP contribution >= 0.6 is 0 Å². The van der Waals surface area contributed by atoms with E-state index in [9.17, 15) is 5.11 Å². The summed E-state index contributed by atoms with van der Waals surface area (Å²) in [5, 5.41) is 18.7. The number of nitrogens with one attached hydrogen (secondary N) is 1. The summed E-state index contributed by atoms with van der Waals surface area (Å²) in [5.41, 5.74) is 3.04. The molecule has 0 amide bonds. The molecule has 1 aromatic carbocycles. The molecule has 0 bridgehead atoms. The fraction of sp³-hybridized carbons (Fsp3) is 0.440. The molecule has 3 aromatic rings. The number of piperidine rings is 1. The molecule has 0 aliphatic carbocycles. The van der Waals surface area contributed by atoms with Gasteiger partial charge < -0.3 is 19.9 Å². The first-order valence-electron chi connectivity index (χ1n) is 11.5. The van der Waals surface area contributed by atoms with Crippen LogP contribution in [0.5, 0.6) is 5.75 Å². The van der Waals surface area contributed by atoms with Crippen LogP contribution in [-0.4, -0.2) is 39.6 Å². The predicted octanol–water partition coefficient (Wildman–Crippen LogP) is 3.79. The molecule has 4 heterocycles. The highest BCUT2D eigenvalue weighted by molar-refractivity contribution is 5.54. The second-order valence-electron chi connectivity index (χ2n) is 8.63. The normalized spacial score (nSPS) is 20.7. The summed E-state index contributed by atoms with van der Waals surface area (Å²) >= 11 is 0. The molecule has 0 saturated carbocycles. The fourth-order valence-corrected chi connectivity index (χ4v) is 4.53. The van der Waals surface area contributed by atoms with Gasteiger partial charge in [0.25, 0.3) is 0 Å². The van der Waals surface area contributed by atoms with Gasteiger partial charge in [-0.05, 0) is 80.6 Å². The second-order valence-corrected chi connectivity index (χ2v) is 8.63. The standard InChI is InChI=1S/C25H30N4O3/c30-25(10-13-26-14-11-25)20-5-3-4-19(16-20)18-32-21-7-8-22(27-17-21)23-9-12-28-29(23)24-6-1-2-15-31-24/h3-5,7-9,12,16-17,24,26,30H,1-2,6,10-11,13-15,18H2. The lowest BCUT2D eigenvalue weighted by molar-refractivity contribution is -0.0384. The molecule has 2 saturated heterocycles. The van der Waals surface area contributed by atoms with E-state index in [-0.39, 0.29) is 6.23 Å². The summed E-state index contributed by atoms with van der Waals surface area (Å²) in [7, 11) is 0. The van der Waals surface area contributed by atoms with Crippen LogP contribution in [0, 0.1) is 0 Å². The average molecular weight is 435 g/mol. The van der Waals surface area contributed by atoms with Crippen molar-refractivity contribution in [1.82, 2.24) is 20.1 Å². The van der Waals surface area contributed by atoms with Crippen molar-refractivity contribution >= 4 is 0 Å². The zero-order chi connectivity index (χ0) is 21.8. The maximum atomic E-state index is 11.0. The lowest BCUT2D eigenvalue weighted by atomic mass is 9.84. The van der Waals surface area contributed by atoms with Gasteiger partial charge in [0.05, 0.1) is 23.2 Å². The number of ether oxygens (including phenoxy) is 2. The highest BCUT2D eigenvalue weighted by atomic mass is 16.5. The van der Waals surface area contributed by atoms with Crippen LogP contribution in [0.3, 0.4) is 0 Å². The maximum absolute atomic E-state index is 11.0. The minimum atomic E-state index is -0.755. The highest BCUT2D eigenvalue weighted by Gasteiger charge is 2.31. The summed E-state index contributed by atoms with van der Waals surface area (Å²) in [6, 6.07) is 13.9. The molecule has 2 aliphatic heterocycles. The zero-order valence-electron chi connectivity index (χ0n) is 18.2. The third-order valence-corrected chi connectivity index (χ3v) is 6.40. The molecule has 1 atom stereocenters. The number of hydrogen-bond acceptors (Lipinski definition) is 6. The Morgan fingerprint density at radius 1 is 1.16 bits per heavy atom. The number of aliphatic hydroxyl groups is 1. The number of rotatable bonds is 6. The third kappa shape index (κ3) is 4.55. The van der Waals surface area contributed by atoms with Crippen molar-refractivity contribution in [3.63, 3.8) is 0 Å². The maximum Gasteiger partial charge on any atom is 0.150 e. The molecule has 168 valence electrons. The first kappa shape index (κ1) is 21.1. The molecular formula is C25H30N4O3. The fourth-order valence-electron chi connectivity index (χ4n) is 4.53. The molecule has 2 fully saturated rings. The molecule has 7 nitrogen and oxygen atoms in total.